The van der Waals surface area contributed by atoms with Crippen LogP contribution in [0.15, 0.2) is 78.9 Å². The summed E-state index contributed by atoms with van der Waals surface area (Å²) in [5.74, 6) is -4.11. The molecule has 3 aliphatic rings. The van der Waals surface area contributed by atoms with Gasteiger partial charge in [-0.15, -0.1) is 0 Å². The fourth-order valence-corrected chi connectivity index (χ4v) is 5.46. The molecular weight excluding hydrogens is 434 g/mol. The Morgan fingerprint density at radius 2 is 1.44 bits per heavy atom. The maximum absolute atomic E-state index is 13.9. The van der Waals surface area contributed by atoms with E-state index in [9.17, 15) is 19.2 Å². The second-order valence-electron chi connectivity index (χ2n) is 8.61. The Hall–Kier alpha value is -4.10. The van der Waals surface area contributed by atoms with Crippen molar-refractivity contribution in [3.63, 3.8) is 0 Å². The highest BCUT2D eigenvalue weighted by atomic mass is 16.5. The quantitative estimate of drug-likeness (QED) is 0.446. The standard InChI is InChI=1S/C27H19NO6/c1-33-17-11-7-10-16(14-17)28-25(31)20-21(26(28)32)27(34-22(20)15-8-3-2-4-9-15)23(29)18-12-5-6-13-19(18)24(27)30/h2-14,20-22H,1H3/t20-,21+,22+/m0/s1. The van der Waals surface area contributed by atoms with Gasteiger partial charge in [-0.3, -0.25) is 19.2 Å². The van der Waals surface area contributed by atoms with E-state index in [0.29, 0.717) is 17.0 Å². The van der Waals surface area contributed by atoms with Crippen LogP contribution in [0.4, 0.5) is 5.69 Å². The van der Waals surface area contributed by atoms with E-state index < -0.39 is 46.9 Å². The molecule has 2 amide bonds. The molecule has 3 aromatic rings. The molecule has 6 rings (SSSR count). The molecule has 3 aromatic carbocycles. The highest BCUT2D eigenvalue weighted by molar-refractivity contribution is 6.37. The monoisotopic (exact) mass is 453 g/mol. The van der Waals surface area contributed by atoms with Crippen molar-refractivity contribution in [1.29, 1.82) is 0 Å². The highest BCUT2D eigenvalue weighted by Gasteiger charge is 2.74. The SMILES string of the molecule is COc1cccc(N2C(=O)[C@@H]3[C@@H](c4ccccc4)OC4(C(=O)c5ccccc5C4=O)[C@H]3C2=O)c1. The van der Waals surface area contributed by atoms with E-state index in [2.05, 4.69) is 0 Å². The number of ketones is 2. The van der Waals surface area contributed by atoms with Gasteiger partial charge in [-0.1, -0.05) is 60.7 Å². The number of carbonyl (C=O) groups is 4. The number of benzene rings is 3. The minimum absolute atomic E-state index is 0.208. The van der Waals surface area contributed by atoms with Crippen LogP contribution in [0.25, 0.3) is 0 Å². The molecule has 2 heterocycles. The summed E-state index contributed by atoms with van der Waals surface area (Å²) in [7, 11) is 1.49. The summed E-state index contributed by atoms with van der Waals surface area (Å²) in [6, 6.07) is 21.9. The van der Waals surface area contributed by atoms with Gasteiger partial charge in [-0.05, 0) is 17.7 Å². The van der Waals surface area contributed by atoms with Crippen molar-refractivity contribution in [3.05, 3.63) is 95.6 Å². The Morgan fingerprint density at radius 3 is 2.09 bits per heavy atom. The average molecular weight is 453 g/mol. The first-order chi connectivity index (χ1) is 16.5. The van der Waals surface area contributed by atoms with Crippen LogP contribution in [0.2, 0.25) is 0 Å². The largest absolute Gasteiger partial charge is 0.497 e. The van der Waals surface area contributed by atoms with Crippen molar-refractivity contribution < 1.29 is 28.7 Å². The van der Waals surface area contributed by atoms with Crippen LogP contribution in [-0.4, -0.2) is 36.1 Å². The highest BCUT2D eigenvalue weighted by Crippen LogP contribution is 2.57. The average Bonchev–Trinajstić information content (AvgIpc) is 3.44. The van der Waals surface area contributed by atoms with Crippen molar-refractivity contribution in [2.75, 3.05) is 12.0 Å². The molecular formula is C27H19NO6. The van der Waals surface area contributed by atoms with Gasteiger partial charge in [0.25, 0.3) is 0 Å². The van der Waals surface area contributed by atoms with Crippen molar-refractivity contribution in [2.45, 2.75) is 11.7 Å². The molecule has 7 heteroatoms. The third-order valence-electron chi connectivity index (χ3n) is 6.96. The number of imide groups is 1. The summed E-state index contributed by atoms with van der Waals surface area (Å²) in [5, 5.41) is 0. The number of fused-ring (bicyclic) bond motifs is 3. The van der Waals surface area contributed by atoms with E-state index in [1.807, 2.05) is 6.07 Å². The van der Waals surface area contributed by atoms with Gasteiger partial charge in [0.15, 0.2) is 0 Å². The molecule has 2 saturated heterocycles. The number of ether oxygens (including phenoxy) is 2. The lowest BCUT2D eigenvalue weighted by atomic mass is 9.77. The van der Waals surface area contributed by atoms with E-state index in [-0.39, 0.29) is 11.1 Å². The van der Waals surface area contributed by atoms with E-state index in [1.165, 1.54) is 7.11 Å². The smallest absolute Gasteiger partial charge is 0.241 e. The van der Waals surface area contributed by atoms with Gasteiger partial charge in [0.05, 0.1) is 30.7 Å². The zero-order valence-electron chi connectivity index (χ0n) is 18.1. The molecule has 34 heavy (non-hydrogen) atoms. The predicted molar refractivity (Wildman–Crippen MR) is 121 cm³/mol. The van der Waals surface area contributed by atoms with Crippen LogP contribution in [-0.2, 0) is 14.3 Å². The summed E-state index contributed by atoms with van der Waals surface area (Å²) in [5.41, 5.74) is -0.712. The number of nitrogens with zero attached hydrogens (tertiary/aromatic N) is 1. The van der Waals surface area contributed by atoms with Crippen LogP contribution in [0.1, 0.15) is 32.4 Å². The molecule has 0 saturated carbocycles. The third kappa shape index (κ3) is 2.50. The second-order valence-corrected chi connectivity index (χ2v) is 8.61. The van der Waals surface area contributed by atoms with Gasteiger partial charge >= 0.3 is 0 Å². The first-order valence-electron chi connectivity index (χ1n) is 10.9. The van der Waals surface area contributed by atoms with Crippen molar-refractivity contribution in [2.24, 2.45) is 11.8 Å². The Labute approximate surface area is 194 Å². The number of Topliss-reactive ketones (excluding diaryl/α,β-unsaturated/α-hetero) is 2. The van der Waals surface area contributed by atoms with Crippen molar-refractivity contribution in [3.8, 4) is 5.75 Å². The number of hydrogen-bond donors (Lipinski definition) is 0. The van der Waals surface area contributed by atoms with Crippen LogP contribution in [0.5, 0.6) is 5.75 Å². The number of amides is 2. The second kappa shape index (κ2) is 7.20. The summed E-state index contributed by atoms with van der Waals surface area (Å²) >= 11 is 0. The fourth-order valence-electron chi connectivity index (χ4n) is 5.46. The van der Waals surface area contributed by atoms with Crippen LogP contribution in [0.3, 0.4) is 0 Å². The Kier molecular flexibility index (Phi) is 4.34. The van der Waals surface area contributed by atoms with E-state index in [0.717, 1.165) is 4.90 Å². The first kappa shape index (κ1) is 20.5. The fraction of sp³-hybridized carbons (Fsp3) is 0.185. The number of anilines is 1. The lowest BCUT2D eigenvalue weighted by Crippen LogP contribution is -2.51. The number of rotatable bonds is 3. The molecule has 2 aliphatic heterocycles. The minimum Gasteiger partial charge on any atom is -0.497 e. The topological polar surface area (TPSA) is 90.0 Å². The molecule has 2 fully saturated rings. The molecule has 1 spiro atoms. The molecule has 0 bridgehead atoms. The summed E-state index contributed by atoms with van der Waals surface area (Å²) in [6.07, 6.45) is -0.930. The maximum Gasteiger partial charge on any atom is 0.241 e. The van der Waals surface area contributed by atoms with Crippen LogP contribution in [0, 0.1) is 11.8 Å². The van der Waals surface area contributed by atoms with Crippen molar-refractivity contribution >= 4 is 29.1 Å². The molecule has 3 atom stereocenters. The van der Waals surface area contributed by atoms with E-state index in [4.69, 9.17) is 9.47 Å². The third-order valence-corrected chi connectivity index (χ3v) is 6.96. The zero-order valence-corrected chi connectivity index (χ0v) is 18.1. The summed E-state index contributed by atoms with van der Waals surface area (Å²) in [4.78, 5) is 56.1. The number of carbonyl (C=O) groups excluding carboxylic acids is 4. The molecule has 1 aliphatic carbocycles. The molecule has 0 N–H and O–H groups in total. The maximum atomic E-state index is 13.9. The molecule has 168 valence electrons. The zero-order chi connectivity index (χ0) is 23.6. The first-order valence-corrected chi connectivity index (χ1v) is 10.9. The molecule has 0 radical (unpaired) electrons. The molecule has 7 nitrogen and oxygen atoms in total. The lowest BCUT2D eigenvalue weighted by Gasteiger charge is -2.27. The lowest BCUT2D eigenvalue weighted by molar-refractivity contribution is -0.127. The van der Waals surface area contributed by atoms with Gasteiger partial charge in [-0.25, -0.2) is 4.90 Å². The van der Waals surface area contributed by atoms with Gasteiger partial charge in [0.1, 0.15) is 5.75 Å². The predicted octanol–water partition coefficient (Wildman–Crippen LogP) is 3.39. The van der Waals surface area contributed by atoms with E-state index in [1.54, 1.807) is 72.8 Å². The van der Waals surface area contributed by atoms with Crippen molar-refractivity contribution in [1.82, 2.24) is 0 Å². The van der Waals surface area contributed by atoms with E-state index >= 15 is 0 Å². The summed E-state index contributed by atoms with van der Waals surface area (Å²) < 4.78 is 11.5. The van der Waals surface area contributed by atoms with Gasteiger partial charge in [0, 0.05) is 17.2 Å². The van der Waals surface area contributed by atoms with Gasteiger partial charge < -0.3 is 9.47 Å². The Morgan fingerprint density at radius 1 is 0.794 bits per heavy atom. The van der Waals surface area contributed by atoms with Crippen LogP contribution < -0.4 is 9.64 Å². The number of hydrogen-bond acceptors (Lipinski definition) is 6. The minimum atomic E-state index is -2.07. The normalized spacial score (nSPS) is 24.6. The van der Waals surface area contributed by atoms with Crippen LogP contribution >= 0.6 is 0 Å². The molecule has 0 unspecified atom stereocenters. The number of methoxy groups -OCH3 is 1. The van der Waals surface area contributed by atoms with Gasteiger partial charge in [-0.2, -0.15) is 0 Å². The molecule has 0 aromatic heterocycles. The van der Waals surface area contributed by atoms with Gasteiger partial charge in [0.2, 0.25) is 29.0 Å². The Bertz CT molecular complexity index is 1350. The Balaban J connectivity index is 1.54. The summed E-state index contributed by atoms with van der Waals surface area (Å²) in [6.45, 7) is 0.